The summed E-state index contributed by atoms with van der Waals surface area (Å²) < 4.78 is 16.9. The summed E-state index contributed by atoms with van der Waals surface area (Å²) in [7, 11) is 1.33. The van der Waals surface area contributed by atoms with E-state index in [9.17, 15) is 0 Å². The predicted octanol–water partition coefficient (Wildman–Crippen LogP) is 4.55. The molecular formula is C15H26ClNO3Si. The lowest BCUT2D eigenvalue weighted by atomic mass is 10.1. The van der Waals surface area contributed by atoms with E-state index in [1.165, 1.54) is 0 Å². The van der Waals surface area contributed by atoms with Crippen LogP contribution in [0.25, 0.3) is 0 Å². The van der Waals surface area contributed by atoms with Gasteiger partial charge in [0, 0.05) is 20.4 Å². The zero-order chi connectivity index (χ0) is 16.3. The third-order valence-corrected chi connectivity index (χ3v) is 8.87. The van der Waals surface area contributed by atoms with Crippen LogP contribution in [0.4, 0.5) is 0 Å². The first-order chi connectivity index (χ1) is 9.64. The smallest absolute Gasteiger partial charge is 0.192 e. The number of ether oxygens (including phenoxy) is 2. The summed E-state index contributed by atoms with van der Waals surface area (Å²) in [4.78, 5) is 4.11. The van der Waals surface area contributed by atoms with Crippen molar-refractivity contribution in [2.75, 3.05) is 14.2 Å². The lowest BCUT2D eigenvalue weighted by Gasteiger charge is -2.36. The van der Waals surface area contributed by atoms with E-state index in [4.69, 9.17) is 25.5 Å². The molecule has 1 aromatic rings. The Kier molecular flexibility index (Phi) is 6.37. The number of nitrogens with zero attached hydrogens (tertiary/aromatic N) is 1. The molecule has 0 amide bonds. The lowest BCUT2D eigenvalue weighted by Crippen LogP contribution is -2.40. The molecule has 0 bridgehead atoms. The molecule has 1 aromatic heterocycles. The van der Waals surface area contributed by atoms with Crippen molar-refractivity contribution in [3.63, 3.8) is 0 Å². The van der Waals surface area contributed by atoms with Gasteiger partial charge in [0.05, 0.1) is 12.2 Å². The summed E-state index contributed by atoms with van der Waals surface area (Å²) in [5, 5.41) is 0.548. The normalized spacial score (nSPS) is 13.0. The fourth-order valence-corrected chi connectivity index (χ4v) is 2.88. The fourth-order valence-electron chi connectivity index (χ4n) is 1.67. The number of pyridine rings is 1. The second-order valence-corrected chi connectivity index (χ2v) is 11.7. The minimum Gasteiger partial charge on any atom is -0.413 e. The molecule has 4 nitrogen and oxygen atoms in total. The summed E-state index contributed by atoms with van der Waals surface area (Å²) in [5.41, 5.74) is 1.69. The molecule has 0 atom stereocenters. The molecular weight excluding hydrogens is 306 g/mol. The fraction of sp³-hybridized carbons (Fsp3) is 0.667. The number of hydrogen-bond donors (Lipinski definition) is 0. The first-order valence-electron chi connectivity index (χ1n) is 6.97. The predicted molar refractivity (Wildman–Crippen MR) is 88.0 cm³/mol. The highest BCUT2D eigenvalue weighted by Gasteiger charge is 2.37. The van der Waals surface area contributed by atoms with Gasteiger partial charge in [-0.05, 0) is 29.8 Å². The molecule has 0 fully saturated rings. The van der Waals surface area contributed by atoms with Crippen molar-refractivity contribution < 1.29 is 13.9 Å². The van der Waals surface area contributed by atoms with Gasteiger partial charge in [0.2, 0.25) is 0 Å². The first-order valence-corrected chi connectivity index (χ1v) is 10.3. The summed E-state index contributed by atoms with van der Waals surface area (Å²) >= 11 is 6.21. The number of hydrogen-bond acceptors (Lipinski definition) is 4. The van der Waals surface area contributed by atoms with Gasteiger partial charge in [-0.25, -0.2) is 4.98 Å². The Morgan fingerprint density at radius 3 is 2.29 bits per heavy atom. The number of aromatic nitrogens is 1. The molecule has 1 rings (SSSR count). The molecule has 0 radical (unpaired) electrons. The van der Waals surface area contributed by atoms with Crippen LogP contribution in [-0.2, 0) is 20.5 Å². The van der Waals surface area contributed by atoms with Crippen molar-refractivity contribution in [2.45, 2.75) is 51.8 Å². The molecule has 0 spiro atoms. The van der Waals surface area contributed by atoms with Gasteiger partial charge >= 0.3 is 0 Å². The molecule has 120 valence electrons. The standard InChI is InChI=1S/C15H26ClNO3Si/c1-15(2,3)21(6,7)20-10-11-8-9-17-13(16)12(11)14(18-4)19-5/h8-9,14H,10H2,1-7H3. The van der Waals surface area contributed by atoms with Crippen molar-refractivity contribution in [3.8, 4) is 0 Å². The van der Waals surface area contributed by atoms with Crippen LogP contribution in [0.1, 0.15) is 38.2 Å². The SMILES string of the molecule is COC(OC)c1c(CO[Si](C)(C)C(C)(C)C)ccnc1Cl. The van der Waals surface area contributed by atoms with Crippen LogP contribution in [0.2, 0.25) is 23.3 Å². The van der Waals surface area contributed by atoms with Gasteiger partial charge in [0.15, 0.2) is 14.6 Å². The Hall–Kier alpha value is -0.463. The van der Waals surface area contributed by atoms with E-state index in [1.807, 2.05) is 6.07 Å². The third kappa shape index (κ3) is 4.50. The molecule has 0 saturated heterocycles. The molecule has 0 aliphatic rings. The number of halogens is 1. The Balaban J connectivity index is 3.02. The van der Waals surface area contributed by atoms with Crippen molar-refractivity contribution in [3.05, 3.63) is 28.5 Å². The van der Waals surface area contributed by atoms with E-state index in [0.717, 1.165) is 11.1 Å². The summed E-state index contributed by atoms with van der Waals surface area (Å²) in [6, 6.07) is 1.90. The number of methoxy groups -OCH3 is 2. The van der Waals surface area contributed by atoms with Crippen molar-refractivity contribution in [1.82, 2.24) is 4.98 Å². The summed E-state index contributed by atoms with van der Waals surface area (Å²) in [6.45, 7) is 11.6. The second kappa shape index (κ2) is 7.20. The van der Waals surface area contributed by atoms with E-state index in [2.05, 4.69) is 38.8 Å². The van der Waals surface area contributed by atoms with Crippen LogP contribution in [0.5, 0.6) is 0 Å². The van der Waals surface area contributed by atoms with Gasteiger partial charge in [0.25, 0.3) is 0 Å². The molecule has 0 N–H and O–H groups in total. The molecule has 0 aliphatic heterocycles. The molecule has 6 heteroatoms. The molecule has 21 heavy (non-hydrogen) atoms. The summed E-state index contributed by atoms with van der Waals surface area (Å²) in [5.74, 6) is 0. The Bertz CT molecular complexity index is 470. The highest BCUT2D eigenvalue weighted by molar-refractivity contribution is 6.74. The van der Waals surface area contributed by atoms with Gasteiger partial charge in [-0.1, -0.05) is 32.4 Å². The quantitative estimate of drug-likeness (QED) is 0.435. The maximum absolute atomic E-state index is 6.26. The Morgan fingerprint density at radius 1 is 1.24 bits per heavy atom. The van der Waals surface area contributed by atoms with Crippen LogP contribution < -0.4 is 0 Å². The highest BCUT2D eigenvalue weighted by Crippen LogP contribution is 2.38. The van der Waals surface area contributed by atoms with Crippen LogP contribution in [-0.4, -0.2) is 27.5 Å². The van der Waals surface area contributed by atoms with Crippen molar-refractivity contribution in [2.24, 2.45) is 0 Å². The minimum atomic E-state index is -1.83. The van der Waals surface area contributed by atoms with E-state index in [1.54, 1.807) is 20.4 Å². The third-order valence-electron chi connectivity index (χ3n) is 4.09. The first kappa shape index (κ1) is 18.6. The lowest BCUT2D eigenvalue weighted by molar-refractivity contribution is -0.106. The molecule has 0 aliphatic carbocycles. The maximum atomic E-state index is 6.26. The molecule has 0 aromatic carbocycles. The van der Waals surface area contributed by atoms with Crippen LogP contribution >= 0.6 is 11.6 Å². The maximum Gasteiger partial charge on any atom is 0.192 e. The Morgan fingerprint density at radius 2 is 1.81 bits per heavy atom. The highest BCUT2D eigenvalue weighted by atomic mass is 35.5. The van der Waals surface area contributed by atoms with Crippen molar-refractivity contribution >= 4 is 19.9 Å². The number of rotatable bonds is 6. The van der Waals surface area contributed by atoms with E-state index in [0.29, 0.717) is 11.8 Å². The Labute approximate surface area is 133 Å². The van der Waals surface area contributed by atoms with E-state index in [-0.39, 0.29) is 5.04 Å². The minimum absolute atomic E-state index is 0.159. The molecule has 1 heterocycles. The van der Waals surface area contributed by atoms with E-state index < -0.39 is 14.6 Å². The second-order valence-electron chi connectivity index (χ2n) is 6.53. The average Bonchev–Trinajstić information content (AvgIpc) is 2.38. The van der Waals surface area contributed by atoms with Gasteiger partial charge < -0.3 is 13.9 Å². The average molecular weight is 332 g/mol. The monoisotopic (exact) mass is 331 g/mol. The molecule has 0 saturated carbocycles. The zero-order valence-corrected chi connectivity index (χ0v) is 15.7. The summed E-state index contributed by atoms with van der Waals surface area (Å²) in [6.07, 6.45) is 1.14. The topological polar surface area (TPSA) is 40.6 Å². The molecule has 0 unspecified atom stereocenters. The van der Waals surface area contributed by atoms with Crippen LogP contribution in [0, 0.1) is 0 Å². The zero-order valence-electron chi connectivity index (χ0n) is 14.0. The van der Waals surface area contributed by atoms with Crippen LogP contribution in [0.3, 0.4) is 0 Å². The van der Waals surface area contributed by atoms with Gasteiger partial charge in [-0.15, -0.1) is 0 Å². The van der Waals surface area contributed by atoms with Gasteiger partial charge in [-0.3, -0.25) is 0 Å². The largest absolute Gasteiger partial charge is 0.413 e. The van der Waals surface area contributed by atoms with Crippen molar-refractivity contribution in [1.29, 1.82) is 0 Å². The van der Waals surface area contributed by atoms with Crippen LogP contribution in [0.15, 0.2) is 12.3 Å². The van der Waals surface area contributed by atoms with E-state index >= 15 is 0 Å². The van der Waals surface area contributed by atoms with Gasteiger partial charge in [0.1, 0.15) is 5.15 Å². The van der Waals surface area contributed by atoms with Gasteiger partial charge in [-0.2, -0.15) is 0 Å².